The SMILES string of the molecule is N=C(N)N(c1ccccc1)c1ccccc1.O=[N+]([O-])c1ccccc1. The fraction of sp³-hybridized carbons (Fsp3) is 0. The molecule has 6 heteroatoms. The molecule has 3 N–H and O–H groups in total. The Morgan fingerprint density at radius 1 is 0.800 bits per heavy atom. The molecule has 0 aliphatic carbocycles. The molecule has 0 aliphatic heterocycles. The molecule has 0 saturated heterocycles. The van der Waals surface area contributed by atoms with Gasteiger partial charge in [-0.15, -0.1) is 0 Å². The van der Waals surface area contributed by atoms with E-state index in [0.29, 0.717) is 0 Å². The summed E-state index contributed by atoms with van der Waals surface area (Å²) in [7, 11) is 0. The summed E-state index contributed by atoms with van der Waals surface area (Å²) in [5, 5.41) is 17.6. The second-order valence-corrected chi connectivity index (χ2v) is 4.98. The lowest BCUT2D eigenvalue weighted by Gasteiger charge is -2.22. The van der Waals surface area contributed by atoms with Crippen LogP contribution in [-0.2, 0) is 0 Å². The molecule has 0 unspecified atom stereocenters. The topological polar surface area (TPSA) is 96.3 Å². The lowest BCUT2D eigenvalue weighted by Crippen LogP contribution is -2.32. The van der Waals surface area contributed by atoms with Gasteiger partial charge in [-0.3, -0.25) is 20.4 Å². The average Bonchev–Trinajstić information content (AvgIpc) is 2.65. The van der Waals surface area contributed by atoms with E-state index >= 15 is 0 Å². The third kappa shape index (κ3) is 5.18. The van der Waals surface area contributed by atoms with Gasteiger partial charge in [-0.1, -0.05) is 54.6 Å². The Balaban J connectivity index is 0.000000212. The number of nitro benzene ring substituents is 1. The molecule has 0 aromatic heterocycles. The number of nitrogens with two attached hydrogens (primary N) is 1. The van der Waals surface area contributed by atoms with Gasteiger partial charge < -0.3 is 5.73 Å². The standard InChI is InChI=1S/C13H13N3.C6H5NO2/c14-13(15)16(11-7-3-1-4-8-11)12-9-5-2-6-10-12;8-7(9)6-4-2-1-3-5-6/h1-10H,(H3,14,15);1-5H. The van der Waals surface area contributed by atoms with Crippen LogP contribution in [0.2, 0.25) is 0 Å². The van der Waals surface area contributed by atoms with Crippen molar-refractivity contribution < 1.29 is 4.92 Å². The minimum absolute atomic E-state index is 0.0115. The second kappa shape index (κ2) is 8.83. The Labute approximate surface area is 145 Å². The number of nitro groups is 1. The average molecular weight is 334 g/mol. The van der Waals surface area contributed by atoms with E-state index in [1.165, 1.54) is 12.1 Å². The predicted octanol–water partition coefficient (Wildman–Crippen LogP) is 4.31. The van der Waals surface area contributed by atoms with Crippen LogP contribution in [0, 0.1) is 15.5 Å². The Kier molecular flexibility index (Phi) is 6.24. The van der Waals surface area contributed by atoms with Gasteiger partial charge in [0.2, 0.25) is 0 Å². The fourth-order valence-corrected chi connectivity index (χ4v) is 2.13. The van der Waals surface area contributed by atoms with Gasteiger partial charge in [0.15, 0.2) is 5.96 Å². The van der Waals surface area contributed by atoms with Crippen LogP contribution in [0.1, 0.15) is 0 Å². The summed E-state index contributed by atoms with van der Waals surface area (Å²) in [5.74, 6) is 0.0115. The summed E-state index contributed by atoms with van der Waals surface area (Å²) in [5.41, 5.74) is 7.53. The fourth-order valence-electron chi connectivity index (χ4n) is 2.13. The molecular formula is C19H18N4O2. The van der Waals surface area contributed by atoms with Crippen molar-refractivity contribution in [2.45, 2.75) is 0 Å². The zero-order chi connectivity index (χ0) is 18.1. The number of para-hydroxylation sites is 3. The molecule has 0 saturated carbocycles. The number of rotatable bonds is 3. The highest BCUT2D eigenvalue weighted by atomic mass is 16.6. The molecule has 3 aromatic rings. The normalized spacial score (nSPS) is 9.44. The Hall–Kier alpha value is -3.67. The largest absolute Gasteiger partial charge is 0.369 e. The Morgan fingerprint density at radius 2 is 1.16 bits per heavy atom. The molecule has 0 heterocycles. The van der Waals surface area contributed by atoms with Crippen molar-refractivity contribution >= 4 is 23.0 Å². The number of hydrogen-bond acceptors (Lipinski definition) is 3. The van der Waals surface area contributed by atoms with Crippen LogP contribution in [0.5, 0.6) is 0 Å². The summed E-state index contributed by atoms with van der Waals surface area (Å²) in [4.78, 5) is 11.3. The van der Waals surface area contributed by atoms with Crippen LogP contribution in [-0.4, -0.2) is 10.9 Å². The first kappa shape index (κ1) is 17.7. The number of nitrogens with zero attached hydrogens (tertiary/aromatic N) is 2. The number of guanidine groups is 1. The molecule has 3 rings (SSSR count). The summed E-state index contributed by atoms with van der Waals surface area (Å²) in [6.45, 7) is 0. The van der Waals surface area contributed by atoms with Gasteiger partial charge in [0.1, 0.15) is 0 Å². The maximum Gasteiger partial charge on any atom is 0.269 e. The number of nitrogens with one attached hydrogen (secondary N) is 1. The second-order valence-electron chi connectivity index (χ2n) is 4.98. The van der Waals surface area contributed by atoms with Crippen molar-refractivity contribution in [3.8, 4) is 0 Å². The van der Waals surface area contributed by atoms with E-state index in [1.807, 2.05) is 60.7 Å². The van der Waals surface area contributed by atoms with Gasteiger partial charge in [-0.25, -0.2) is 0 Å². The third-order valence-electron chi connectivity index (χ3n) is 3.24. The summed E-state index contributed by atoms with van der Waals surface area (Å²) in [6, 6.07) is 27.2. The highest BCUT2D eigenvalue weighted by Crippen LogP contribution is 2.23. The van der Waals surface area contributed by atoms with Gasteiger partial charge in [0, 0.05) is 23.5 Å². The molecule has 126 valence electrons. The quantitative estimate of drug-likeness (QED) is 0.323. The molecule has 6 nitrogen and oxygen atoms in total. The molecule has 0 aliphatic rings. The maximum absolute atomic E-state index is 10.0. The van der Waals surface area contributed by atoms with Crippen LogP contribution in [0.15, 0.2) is 91.0 Å². The molecule has 0 bridgehead atoms. The van der Waals surface area contributed by atoms with Crippen LogP contribution in [0.3, 0.4) is 0 Å². The van der Waals surface area contributed by atoms with E-state index in [0.717, 1.165) is 11.4 Å². The van der Waals surface area contributed by atoms with E-state index in [2.05, 4.69) is 0 Å². The van der Waals surface area contributed by atoms with Crippen molar-refractivity contribution in [2.24, 2.45) is 5.73 Å². The summed E-state index contributed by atoms with van der Waals surface area (Å²) < 4.78 is 0. The van der Waals surface area contributed by atoms with Gasteiger partial charge in [0.25, 0.3) is 5.69 Å². The highest BCUT2D eigenvalue weighted by molar-refractivity contribution is 5.99. The zero-order valence-corrected chi connectivity index (χ0v) is 13.4. The first-order valence-corrected chi connectivity index (χ1v) is 7.53. The first-order chi connectivity index (χ1) is 12.1. The minimum Gasteiger partial charge on any atom is -0.369 e. The number of hydrogen-bond donors (Lipinski definition) is 2. The summed E-state index contributed by atoms with van der Waals surface area (Å²) in [6.07, 6.45) is 0. The maximum atomic E-state index is 10.0. The smallest absolute Gasteiger partial charge is 0.269 e. The van der Waals surface area contributed by atoms with E-state index in [1.54, 1.807) is 23.1 Å². The van der Waals surface area contributed by atoms with Crippen LogP contribution >= 0.6 is 0 Å². The highest BCUT2D eigenvalue weighted by Gasteiger charge is 2.10. The monoisotopic (exact) mass is 334 g/mol. The predicted molar refractivity (Wildman–Crippen MR) is 100 cm³/mol. The van der Waals surface area contributed by atoms with Gasteiger partial charge >= 0.3 is 0 Å². The Morgan fingerprint density at radius 3 is 1.44 bits per heavy atom. The zero-order valence-electron chi connectivity index (χ0n) is 13.4. The van der Waals surface area contributed by atoms with Crippen molar-refractivity contribution in [3.05, 3.63) is 101 Å². The van der Waals surface area contributed by atoms with Crippen LogP contribution in [0.4, 0.5) is 17.1 Å². The van der Waals surface area contributed by atoms with Gasteiger partial charge in [0.05, 0.1) is 4.92 Å². The van der Waals surface area contributed by atoms with Crippen molar-refractivity contribution in [1.82, 2.24) is 0 Å². The molecular weight excluding hydrogens is 316 g/mol. The lowest BCUT2D eigenvalue weighted by atomic mass is 10.2. The third-order valence-corrected chi connectivity index (χ3v) is 3.24. The van der Waals surface area contributed by atoms with E-state index in [4.69, 9.17) is 11.1 Å². The number of benzene rings is 3. The Bertz CT molecular complexity index is 769. The number of anilines is 2. The van der Waals surface area contributed by atoms with Crippen molar-refractivity contribution in [2.75, 3.05) is 4.90 Å². The first-order valence-electron chi connectivity index (χ1n) is 7.53. The molecule has 0 radical (unpaired) electrons. The number of non-ortho nitro benzene ring substituents is 1. The molecule has 0 atom stereocenters. The molecule has 0 fully saturated rings. The van der Waals surface area contributed by atoms with E-state index in [9.17, 15) is 10.1 Å². The summed E-state index contributed by atoms with van der Waals surface area (Å²) >= 11 is 0. The molecule has 25 heavy (non-hydrogen) atoms. The lowest BCUT2D eigenvalue weighted by molar-refractivity contribution is -0.384. The van der Waals surface area contributed by atoms with Gasteiger partial charge in [-0.05, 0) is 24.3 Å². The van der Waals surface area contributed by atoms with Crippen LogP contribution in [0.25, 0.3) is 0 Å². The molecule has 3 aromatic carbocycles. The van der Waals surface area contributed by atoms with Crippen molar-refractivity contribution in [1.29, 1.82) is 5.41 Å². The van der Waals surface area contributed by atoms with E-state index < -0.39 is 4.92 Å². The van der Waals surface area contributed by atoms with Crippen molar-refractivity contribution in [3.63, 3.8) is 0 Å². The van der Waals surface area contributed by atoms with E-state index in [-0.39, 0.29) is 11.6 Å². The molecule has 0 spiro atoms. The van der Waals surface area contributed by atoms with Gasteiger partial charge in [-0.2, -0.15) is 0 Å². The minimum atomic E-state index is -0.417. The molecule has 0 amide bonds. The van der Waals surface area contributed by atoms with Crippen LogP contribution < -0.4 is 10.6 Å².